The summed E-state index contributed by atoms with van der Waals surface area (Å²) in [6.45, 7) is 6.73. The van der Waals surface area contributed by atoms with Gasteiger partial charge in [-0.1, -0.05) is 20.3 Å². The van der Waals surface area contributed by atoms with Crippen molar-refractivity contribution in [1.82, 2.24) is 10.2 Å². The molecule has 0 spiro atoms. The molecule has 0 bridgehead atoms. The maximum Gasteiger partial charge on any atom is 0.325 e. The molecule has 1 heterocycles. The molecule has 0 unspecified atom stereocenters. The molecule has 0 radical (unpaired) electrons. The summed E-state index contributed by atoms with van der Waals surface area (Å²) in [4.78, 5) is 25.3. The van der Waals surface area contributed by atoms with Gasteiger partial charge in [-0.25, -0.2) is 4.79 Å². The molecule has 1 fully saturated rings. The molecule has 1 atom stereocenters. The van der Waals surface area contributed by atoms with Gasteiger partial charge in [-0.05, 0) is 25.5 Å². The molecule has 17 heavy (non-hydrogen) atoms. The van der Waals surface area contributed by atoms with Crippen LogP contribution < -0.4 is 5.32 Å². The lowest BCUT2D eigenvalue weighted by atomic mass is 10.0. The molecule has 4 nitrogen and oxygen atoms in total. The van der Waals surface area contributed by atoms with Crippen molar-refractivity contribution in [2.24, 2.45) is 0 Å². The highest BCUT2D eigenvalue weighted by Gasteiger charge is 2.48. The summed E-state index contributed by atoms with van der Waals surface area (Å²) in [6, 6.07) is -0.233. The van der Waals surface area contributed by atoms with Crippen molar-refractivity contribution in [2.45, 2.75) is 45.6 Å². The second-order valence-corrected chi connectivity index (χ2v) is 5.70. The fourth-order valence-electron chi connectivity index (χ4n) is 1.87. The highest BCUT2D eigenvalue weighted by molar-refractivity contribution is 7.99. The molecular formula is C12H22N2O2S. The number of carbonyl (C=O) groups is 2. The highest BCUT2D eigenvalue weighted by Crippen LogP contribution is 2.26. The molecular weight excluding hydrogens is 236 g/mol. The van der Waals surface area contributed by atoms with Gasteiger partial charge < -0.3 is 4.90 Å². The van der Waals surface area contributed by atoms with E-state index in [4.69, 9.17) is 0 Å². The third-order valence-corrected chi connectivity index (χ3v) is 4.48. The molecule has 0 aromatic heterocycles. The predicted molar refractivity (Wildman–Crippen MR) is 71.2 cm³/mol. The van der Waals surface area contributed by atoms with Crippen LogP contribution in [-0.4, -0.2) is 40.4 Å². The number of carbonyl (C=O) groups excluding carboxylic acids is 2. The van der Waals surface area contributed by atoms with Crippen LogP contribution in [0, 0.1) is 0 Å². The van der Waals surface area contributed by atoms with Gasteiger partial charge in [0, 0.05) is 12.3 Å². The molecule has 1 aliphatic heterocycles. The second kappa shape index (κ2) is 6.28. The Morgan fingerprint density at radius 2 is 2.00 bits per heavy atom. The number of thioether (sulfide) groups is 1. The summed E-state index contributed by atoms with van der Waals surface area (Å²) in [5.74, 6) is 1.56. The number of imide groups is 1. The summed E-state index contributed by atoms with van der Waals surface area (Å²) in [5, 5.41) is 2.43. The minimum Gasteiger partial charge on any atom is -0.309 e. The summed E-state index contributed by atoms with van der Waals surface area (Å²) < 4.78 is 0. The number of hydrogen-bond donors (Lipinski definition) is 1. The maximum absolute atomic E-state index is 11.9. The van der Waals surface area contributed by atoms with E-state index < -0.39 is 5.54 Å². The summed E-state index contributed by atoms with van der Waals surface area (Å²) in [7, 11) is 0. The molecule has 1 aliphatic rings. The minimum atomic E-state index is -0.661. The third kappa shape index (κ3) is 3.15. The van der Waals surface area contributed by atoms with E-state index >= 15 is 0 Å². The lowest BCUT2D eigenvalue weighted by molar-refractivity contribution is -0.124. The van der Waals surface area contributed by atoms with Crippen molar-refractivity contribution in [3.63, 3.8) is 0 Å². The Bertz CT molecular complexity index is 296. The fourth-order valence-corrected chi connectivity index (χ4v) is 2.99. The molecule has 1 N–H and O–H groups in total. The number of amides is 3. The van der Waals surface area contributed by atoms with E-state index in [0.29, 0.717) is 12.3 Å². The van der Waals surface area contributed by atoms with Gasteiger partial charge in [0.25, 0.3) is 5.91 Å². The van der Waals surface area contributed by atoms with Crippen LogP contribution in [-0.2, 0) is 4.79 Å². The van der Waals surface area contributed by atoms with Crippen molar-refractivity contribution in [1.29, 1.82) is 0 Å². The molecule has 98 valence electrons. The normalized spacial score (nSPS) is 24.3. The summed E-state index contributed by atoms with van der Waals surface area (Å²) >= 11 is 1.74. The van der Waals surface area contributed by atoms with E-state index in [1.807, 2.05) is 6.92 Å². The zero-order valence-electron chi connectivity index (χ0n) is 10.9. The molecule has 1 rings (SSSR count). The quantitative estimate of drug-likeness (QED) is 0.563. The Balaban J connectivity index is 2.68. The van der Waals surface area contributed by atoms with E-state index in [-0.39, 0.29) is 11.9 Å². The van der Waals surface area contributed by atoms with Crippen LogP contribution in [0.2, 0.25) is 0 Å². The number of hydrogen-bond acceptors (Lipinski definition) is 3. The maximum atomic E-state index is 11.9. The first-order chi connectivity index (χ1) is 8.06. The highest BCUT2D eigenvalue weighted by atomic mass is 32.2. The van der Waals surface area contributed by atoms with Crippen LogP contribution in [0.15, 0.2) is 0 Å². The second-order valence-electron chi connectivity index (χ2n) is 4.59. The number of nitrogens with one attached hydrogen (secondary N) is 1. The van der Waals surface area contributed by atoms with Gasteiger partial charge in [0.15, 0.2) is 0 Å². The van der Waals surface area contributed by atoms with Crippen LogP contribution in [0.25, 0.3) is 0 Å². The van der Waals surface area contributed by atoms with E-state index in [1.54, 1.807) is 16.7 Å². The van der Waals surface area contributed by atoms with Gasteiger partial charge in [0.05, 0.1) is 0 Å². The van der Waals surface area contributed by atoms with E-state index in [9.17, 15) is 9.59 Å². The number of rotatable bonds is 7. The molecule has 5 heteroatoms. The van der Waals surface area contributed by atoms with Gasteiger partial charge in [-0.15, -0.1) is 0 Å². The molecule has 0 aromatic carbocycles. The third-order valence-electron chi connectivity index (χ3n) is 3.02. The predicted octanol–water partition coefficient (Wildman–Crippen LogP) is 2.24. The van der Waals surface area contributed by atoms with Crippen LogP contribution >= 0.6 is 11.8 Å². The van der Waals surface area contributed by atoms with Gasteiger partial charge in [-0.2, -0.15) is 11.8 Å². The van der Waals surface area contributed by atoms with Crippen LogP contribution in [0.3, 0.4) is 0 Å². The lowest BCUT2D eigenvalue weighted by Crippen LogP contribution is -2.49. The first-order valence-corrected chi connectivity index (χ1v) is 7.42. The average molecular weight is 258 g/mol. The van der Waals surface area contributed by atoms with E-state index in [2.05, 4.69) is 19.2 Å². The van der Waals surface area contributed by atoms with Crippen molar-refractivity contribution in [3.8, 4) is 0 Å². The fraction of sp³-hybridized carbons (Fsp3) is 0.833. The summed E-state index contributed by atoms with van der Waals surface area (Å²) in [5.41, 5.74) is -0.661. The van der Waals surface area contributed by atoms with Gasteiger partial charge in [0.2, 0.25) is 0 Å². The Labute approximate surface area is 108 Å². The number of nitrogens with zero attached hydrogens (tertiary/aromatic N) is 1. The zero-order valence-corrected chi connectivity index (χ0v) is 11.7. The molecule has 0 aliphatic carbocycles. The van der Waals surface area contributed by atoms with Crippen LogP contribution in [0.5, 0.6) is 0 Å². The first kappa shape index (κ1) is 14.4. The number of urea groups is 1. The van der Waals surface area contributed by atoms with Crippen LogP contribution in [0.1, 0.15) is 40.0 Å². The monoisotopic (exact) mass is 258 g/mol. The SMILES string of the molecule is CCCCN1C(=O)NC(=O)[C@@]1(C)CSCCC. The smallest absolute Gasteiger partial charge is 0.309 e. The zero-order chi connectivity index (χ0) is 12.9. The Morgan fingerprint density at radius 1 is 1.29 bits per heavy atom. The Hall–Kier alpha value is -0.710. The van der Waals surface area contributed by atoms with Crippen molar-refractivity contribution < 1.29 is 9.59 Å². The molecule has 1 saturated heterocycles. The summed E-state index contributed by atoms with van der Waals surface area (Å²) in [6.07, 6.45) is 3.05. The molecule has 0 saturated carbocycles. The number of unbranched alkanes of at least 4 members (excludes halogenated alkanes) is 1. The van der Waals surface area contributed by atoms with Crippen molar-refractivity contribution >= 4 is 23.7 Å². The Morgan fingerprint density at radius 3 is 2.59 bits per heavy atom. The Kier molecular flexibility index (Phi) is 5.31. The lowest BCUT2D eigenvalue weighted by Gasteiger charge is -2.31. The van der Waals surface area contributed by atoms with E-state index in [1.165, 1.54) is 0 Å². The van der Waals surface area contributed by atoms with Gasteiger partial charge in [0.1, 0.15) is 5.54 Å². The van der Waals surface area contributed by atoms with Crippen LogP contribution in [0.4, 0.5) is 4.79 Å². The molecule has 3 amide bonds. The van der Waals surface area contributed by atoms with Gasteiger partial charge in [-0.3, -0.25) is 10.1 Å². The van der Waals surface area contributed by atoms with Crippen molar-refractivity contribution in [3.05, 3.63) is 0 Å². The van der Waals surface area contributed by atoms with E-state index in [0.717, 1.165) is 25.0 Å². The molecule has 0 aromatic rings. The van der Waals surface area contributed by atoms with Gasteiger partial charge >= 0.3 is 6.03 Å². The first-order valence-electron chi connectivity index (χ1n) is 6.27. The average Bonchev–Trinajstić information content (AvgIpc) is 2.49. The largest absolute Gasteiger partial charge is 0.325 e. The minimum absolute atomic E-state index is 0.151. The standard InChI is InChI=1S/C12H22N2O2S/c1-4-6-7-14-11(16)13-10(15)12(14,3)9-17-8-5-2/h4-9H2,1-3H3,(H,13,15,16)/t12-/m1/s1. The van der Waals surface area contributed by atoms with Crippen molar-refractivity contribution in [2.75, 3.05) is 18.1 Å². The topological polar surface area (TPSA) is 49.4 Å².